The van der Waals surface area contributed by atoms with Gasteiger partial charge in [0.05, 0.1) is 17.6 Å². The standard InChI is InChI=1S/C16H24N6O3S/c1-13-4-6-21(18-13)7-5-16(23)20-8-10-22(11-9-20)26(24,25)15-12-17-19(3)14(15)2/h4,6,12H,5,7-11H2,1-3H3. The van der Waals surface area contributed by atoms with E-state index in [0.29, 0.717) is 44.8 Å². The highest BCUT2D eigenvalue weighted by Crippen LogP contribution is 2.20. The van der Waals surface area contributed by atoms with Crippen molar-refractivity contribution in [2.24, 2.45) is 7.05 Å². The molecule has 0 aromatic carbocycles. The van der Waals surface area contributed by atoms with Gasteiger partial charge in [-0.15, -0.1) is 0 Å². The fraction of sp³-hybridized carbons (Fsp3) is 0.562. The number of rotatable bonds is 5. The van der Waals surface area contributed by atoms with Crippen molar-refractivity contribution in [1.29, 1.82) is 0 Å². The maximum absolute atomic E-state index is 12.8. The molecule has 2 aromatic heterocycles. The smallest absolute Gasteiger partial charge is 0.246 e. The summed E-state index contributed by atoms with van der Waals surface area (Å²) in [4.78, 5) is 14.3. The molecule has 0 spiro atoms. The lowest BCUT2D eigenvalue weighted by molar-refractivity contribution is -0.132. The van der Waals surface area contributed by atoms with Gasteiger partial charge in [0, 0.05) is 52.4 Å². The summed E-state index contributed by atoms with van der Waals surface area (Å²) >= 11 is 0. The molecule has 1 aliphatic heterocycles. The molecule has 0 N–H and O–H groups in total. The summed E-state index contributed by atoms with van der Waals surface area (Å²) < 4.78 is 30.3. The molecule has 10 heteroatoms. The number of sulfonamides is 1. The molecule has 0 atom stereocenters. The second-order valence-electron chi connectivity index (χ2n) is 6.47. The number of hydrogen-bond acceptors (Lipinski definition) is 5. The van der Waals surface area contributed by atoms with Crippen molar-refractivity contribution in [3.63, 3.8) is 0 Å². The van der Waals surface area contributed by atoms with E-state index in [2.05, 4.69) is 10.2 Å². The Morgan fingerprint density at radius 3 is 2.42 bits per heavy atom. The monoisotopic (exact) mass is 380 g/mol. The lowest BCUT2D eigenvalue weighted by Crippen LogP contribution is -2.50. The second kappa shape index (κ2) is 7.20. The minimum absolute atomic E-state index is 0.0211. The number of piperazine rings is 1. The van der Waals surface area contributed by atoms with Crippen LogP contribution in [0.25, 0.3) is 0 Å². The van der Waals surface area contributed by atoms with Gasteiger partial charge in [-0.25, -0.2) is 8.42 Å². The summed E-state index contributed by atoms with van der Waals surface area (Å²) in [5.41, 5.74) is 1.53. The third-order valence-electron chi connectivity index (χ3n) is 4.73. The van der Waals surface area contributed by atoms with Crippen molar-refractivity contribution >= 4 is 15.9 Å². The van der Waals surface area contributed by atoms with Crippen molar-refractivity contribution in [2.45, 2.75) is 31.7 Å². The third-order valence-corrected chi connectivity index (χ3v) is 6.73. The number of aryl methyl sites for hydroxylation is 3. The zero-order valence-electron chi connectivity index (χ0n) is 15.3. The van der Waals surface area contributed by atoms with Gasteiger partial charge in [-0.05, 0) is 19.9 Å². The van der Waals surface area contributed by atoms with E-state index in [9.17, 15) is 13.2 Å². The second-order valence-corrected chi connectivity index (χ2v) is 8.38. The van der Waals surface area contributed by atoms with Gasteiger partial charge >= 0.3 is 0 Å². The first-order chi connectivity index (χ1) is 12.3. The summed E-state index contributed by atoms with van der Waals surface area (Å²) in [5.74, 6) is 0.0211. The van der Waals surface area contributed by atoms with E-state index in [1.54, 1.807) is 28.2 Å². The van der Waals surface area contributed by atoms with Gasteiger partial charge in [-0.1, -0.05) is 0 Å². The lowest BCUT2D eigenvalue weighted by atomic mass is 10.3. The number of hydrogen-bond donors (Lipinski definition) is 0. The summed E-state index contributed by atoms with van der Waals surface area (Å²) in [6, 6.07) is 1.90. The normalized spacial score (nSPS) is 16.2. The van der Waals surface area contributed by atoms with E-state index in [0.717, 1.165) is 5.69 Å². The van der Waals surface area contributed by atoms with Crippen LogP contribution in [0.4, 0.5) is 0 Å². The molecule has 1 fully saturated rings. The van der Waals surface area contributed by atoms with Gasteiger partial charge < -0.3 is 4.90 Å². The SMILES string of the molecule is Cc1ccn(CCC(=O)N2CCN(S(=O)(=O)c3cnn(C)c3C)CC2)n1. The lowest BCUT2D eigenvalue weighted by Gasteiger charge is -2.34. The molecular formula is C16H24N6O3S. The predicted octanol–water partition coefficient (Wildman–Crippen LogP) is 0.157. The van der Waals surface area contributed by atoms with Crippen LogP contribution in [0.5, 0.6) is 0 Å². The highest BCUT2D eigenvalue weighted by molar-refractivity contribution is 7.89. The van der Waals surface area contributed by atoms with Gasteiger partial charge in [0.25, 0.3) is 0 Å². The fourth-order valence-electron chi connectivity index (χ4n) is 3.00. The van der Waals surface area contributed by atoms with Crippen molar-refractivity contribution < 1.29 is 13.2 Å². The van der Waals surface area contributed by atoms with Crippen LogP contribution in [0, 0.1) is 13.8 Å². The zero-order valence-corrected chi connectivity index (χ0v) is 16.1. The molecule has 0 radical (unpaired) electrons. The molecule has 2 aromatic rings. The molecule has 142 valence electrons. The average molecular weight is 380 g/mol. The van der Waals surface area contributed by atoms with Crippen LogP contribution in [0.1, 0.15) is 17.8 Å². The largest absolute Gasteiger partial charge is 0.340 e. The molecule has 26 heavy (non-hydrogen) atoms. The Morgan fingerprint density at radius 2 is 1.88 bits per heavy atom. The van der Waals surface area contributed by atoms with Crippen LogP contribution in [-0.4, -0.2) is 69.3 Å². The Labute approximate surface area is 153 Å². The van der Waals surface area contributed by atoms with Crippen molar-refractivity contribution in [1.82, 2.24) is 28.8 Å². The van der Waals surface area contributed by atoms with E-state index >= 15 is 0 Å². The fourth-order valence-corrected chi connectivity index (χ4v) is 4.61. The Bertz CT molecular complexity index is 893. The molecule has 0 aliphatic carbocycles. The third kappa shape index (κ3) is 3.65. The number of aromatic nitrogens is 4. The van der Waals surface area contributed by atoms with Crippen LogP contribution in [-0.2, 0) is 28.4 Å². The van der Waals surface area contributed by atoms with Gasteiger partial charge in [-0.3, -0.25) is 14.2 Å². The van der Waals surface area contributed by atoms with Crippen LogP contribution in [0.3, 0.4) is 0 Å². The Kier molecular flexibility index (Phi) is 5.15. The Morgan fingerprint density at radius 1 is 1.19 bits per heavy atom. The topological polar surface area (TPSA) is 93.3 Å². The van der Waals surface area contributed by atoms with Crippen molar-refractivity contribution in [2.75, 3.05) is 26.2 Å². The summed E-state index contributed by atoms with van der Waals surface area (Å²) in [6.45, 7) is 5.55. The molecule has 0 bridgehead atoms. The van der Waals surface area contributed by atoms with Crippen molar-refractivity contribution in [3.05, 3.63) is 29.8 Å². The van der Waals surface area contributed by atoms with Crippen LogP contribution >= 0.6 is 0 Å². The molecule has 0 saturated carbocycles. The first kappa shape index (κ1) is 18.6. The zero-order chi connectivity index (χ0) is 18.9. The quantitative estimate of drug-likeness (QED) is 0.736. The maximum Gasteiger partial charge on any atom is 0.246 e. The van der Waals surface area contributed by atoms with Crippen LogP contribution in [0.2, 0.25) is 0 Å². The Balaban J connectivity index is 1.56. The summed E-state index contributed by atoms with van der Waals surface area (Å²) in [5, 5.41) is 8.28. The van der Waals surface area contributed by atoms with Crippen molar-refractivity contribution in [3.8, 4) is 0 Å². The number of carbonyl (C=O) groups excluding carboxylic acids is 1. The van der Waals surface area contributed by atoms with Gasteiger partial charge in [0.2, 0.25) is 15.9 Å². The highest BCUT2D eigenvalue weighted by Gasteiger charge is 2.32. The van der Waals surface area contributed by atoms with E-state index in [1.807, 2.05) is 19.2 Å². The molecule has 3 rings (SSSR count). The molecule has 1 aliphatic rings. The predicted molar refractivity (Wildman–Crippen MR) is 94.9 cm³/mol. The molecule has 9 nitrogen and oxygen atoms in total. The summed E-state index contributed by atoms with van der Waals surface area (Å²) in [7, 11) is -1.86. The van der Waals surface area contributed by atoms with E-state index in [4.69, 9.17) is 0 Å². The minimum Gasteiger partial charge on any atom is -0.340 e. The highest BCUT2D eigenvalue weighted by atomic mass is 32.2. The van der Waals surface area contributed by atoms with Crippen LogP contribution in [0.15, 0.2) is 23.4 Å². The summed E-state index contributed by atoms with van der Waals surface area (Å²) in [6.07, 6.45) is 3.59. The van der Waals surface area contributed by atoms with Gasteiger partial charge in [0.1, 0.15) is 4.90 Å². The van der Waals surface area contributed by atoms with E-state index < -0.39 is 10.0 Å². The number of amides is 1. The van der Waals surface area contributed by atoms with Gasteiger partial charge in [-0.2, -0.15) is 14.5 Å². The van der Waals surface area contributed by atoms with E-state index in [-0.39, 0.29) is 10.8 Å². The molecular weight excluding hydrogens is 356 g/mol. The van der Waals surface area contributed by atoms with Crippen LogP contribution < -0.4 is 0 Å². The molecule has 1 amide bonds. The van der Waals surface area contributed by atoms with E-state index in [1.165, 1.54) is 10.5 Å². The number of nitrogens with zero attached hydrogens (tertiary/aromatic N) is 6. The number of carbonyl (C=O) groups is 1. The average Bonchev–Trinajstić information content (AvgIpc) is 3.19. The molecule has 3 heterocycles. The first-order valence-corrected chi connectivity index (χ1v) is 9.99. The van der Waals surface area contributed by atoms with Gasteiger partial charge in [0.15, 0.2) is 0 Å². The molecule has 1 saturated heterocycles. The first-order valence-electron chi connectivity index (χ1n) is 8.55. The minimum atomic E-state index is -3.58. The maximum atomic E-state index is 12.8. The molecule has 0 unspecified atom stereocenters. The Hall–Kier alpha value is -2.20.